The molecule has 0 atom stereocenters. The standard InChI is InChI=1S/C28H37N3O3/c1-8-11-30-26(34)17-9-10-18-15-31(25(29)20(18)12-17)16-23(32)19-13-21(27(2,3)4)24(33)22(14-19)28(5,6)7/h9-10,12-14,29,33H,8,11,15-16H2,1-7H3,(H,30,34). The highest BCUT2D eigenvalue weighted by atomic mass is 16.3. The smallest absolute Gasteiger partial charge is 0.251 e. The molecular formula is C28H37N3O3. The van der Waals surface area contributed by atoms with E-state index in [2.05, 4.69) is 5.32 Å². The molecule has 2 aromatic rings. The molecule has 0 aromatic heterocycles. The number of Topliss-reactive ketones (excluding diaryl/α,β-unsaturated/α-hetero) is 1. The van der Waals surface area contributed by atoms with Crippen LogP contribution < -0.4 is 5.32 Å². The molecule has 0 saturated heterocycles. The second-order valence-corrected chi connectivity index (χ2v) is 11.2. The molecule has 1 amide bonds. The number of nitrogens with zero attached hydrogens (tertiary/aromatic N) is 1. The molecule has 6 heteroatoms. The van der Waals surface area contributed by atoms with Crippen molar-refractivity contribution in [1.29, 1.82) is 5.41 Å². The second-order valence-electron chi connectivity index (χ2n) is 11.2. The van der Waals surface area contributed by atoms with Crippen LogP contribution in [0.5, 0.6) is 5.75 Å². The molecule has 1 heterocycles. The van der Waals surface area contributed by atoms with Crippen molar-refractivity contribution in [3.05, 3.63) is 63.7 Å². The Morgan fingerprint density at radius 3 is 2.12 bits per heavy atom. The Kier molecular flexibility index (Phi) is 6.92. The lowest BCUT2D eigenvalue weighted by atomic mass is 9.78. The van der Waals surface area contributed by atoms with Crippen LogP contribution in [-0.4, -0.2) is 40.6 Å². The van der Waals surface area contributed by atoms with Crippen LogP contribution in [-0.2, 0) is 17.4 Å². The van der Waals surface area contributed by atoms with E-state index in [1.165, 1.54) is 0 Å². The van der Waals surface area contributed by atoms with E-state index in [0.717, 1.165) is 23.1 Å². The highest BCUT2D eigenvalue weighted by Crippen LogP contribution is 2.40. The summed E-state index contributed by atoms with van der Waals surface area (Å²) in [4.78, 5) is 27.5. The van der Waals surface area contributed by atoms with Crippen LogP contribution in [0.2, 0.25) is 0 Å². The number of hydrogen-bond donors (Lipinski definition) is 3. The fraction of sp³-hybridized carbons (Fsp3) is 0.464. The summed E-state index contributed by atoms with van der Waals surface area (Å²) in [6.45, 7) is 15.2. The molecule has 0 unspecified atom stereocenters. The molecular weight excluding hydrogens is 426 g/mol. The number of carbonyl (C=O) groups excluding carboxylic acids is 2. The molecule has 1 aliphatic rings. The van der Waals surface area contributed by atoms with Crippen molar-refractivity contribution in [1.82, 2.24) is 10.2 Å². The van der Waals surface area contributed by atoms with Gasteiger partial charge in [0.15, 0.2) is 5.78 Å². The number of benzene rings is 2. The number of ketones is 1. The second kappa shape index (κ2) is 9.24. The van der Waals surface area contributed by atoms with Crippen molar-refractivity contribution in [2.75, 3.05) is 13.1 Å². The van der Waals surface area contributed by atoms with Gasteiger partial charge >= 0.3 is 0 Å². The lowest BCUT2D eigenvalue weighted by Crippen LogP contribution is -2.31. The molecule has 0 saturated carbocycles. The van der Waals surface area contributed by atoms with Crippen molar-refractivity contribution < 1.29 is 14.7 Å². The minimum Gasteiger partial charge on any atom is -0.507 e. The van der Waals surface area contributed by atoms with Gasteiger partial charge in [-0.1, -0.05) is 54.5 Å². The zero-order valence-electron chi connectivity index (χ0n) is 21.4. The fourth-order valence-corrected chi connectivity index (χ4v) is 4.21. The first-order chi connectivity index (χ1) is 15.7. The van der Waals surface area contributed by atoms with Gasteiger partial charge in [0.2, 0.25) is 0 Å². The van der Waals surface area contributed by atoms with Gasteiger partial charge in [-0.05, 0) is 47.1 Å². The van der Waals surface area contributed by atoms with Crippen molar-refractivity contribution in [3.63, 3.8) is 0 Å². The van der Waals surface area contributed by atoms with Crippen LogP contribution >= 0.6 is 0 Å². The third kappa shape index (κ3) is 5.16. The zero-order chi connectivity index (χ0) is 25.4. The molecule has 1 aliphatic heterocycles. The van der Waals surface area contributed by atoms with Crippen molar-refractivity contribution >= 4 is 17.5 Å². The highest BCUT2D eigenvalue weighted by molar-refractivity contribution is 6.07. The summed E-state index contributed by atoms with van der Waals surface area (Å²) in [5.41, 5.74) is 3.51. The molecule has 0 radical (unpaired) electrons. The van der Waals surface area contributed by atoms with Crippen LogP contribution in [0.3, 0.4) is 0 Å². The van der Waals surface area contributed by atoms with E-state index in [1.807, 2.05) is 54.5 Å². The van der Waals surface area contributed by atoms with E-state index in [0.29, 0.717) is 29.8 Å². The number of hydrogen-bond acceptors (Lipinski definition) is 4. The summed E-state index contributed by atoms with van der Waals surface area (Å²) in [5, 5.41) is 22.4. The summed E-state index contributed by atoms with van der Waals surface area (Å²) >= 11 is 0. The quantitative estimate of drug-likeness (QED) is 0.517. The average molecular weight is 464 g/mol. The number of amides is 1. The summed E-state index contributed by atoms with van der Waals surface area (Å²) in [7, 11) is 0. The maximum atomic E-state index is 13.4. The van der Waals surface area contributed by atoms with E-state index in [4.69, 9.17) is 5.41 Å². The predicted molar refractivity (Wildman–Crippen MR) is 136 cm³/mol. The summed E-state index contributed by atoms with van der Waals surface area (Å²) in [6, 6.07) is 8.95. The number of phenolic OH excluding ortho intramolecular Hbond substituents is 1. The lowest BCUT2D eigenvalue weighted by Gasteiger charge is -2.28. The highest BCUT2D eigenvalue weighted by Gasteiger charge is 2.30. The monoisotopic (exact) mass is 463 g/mol. The number of nitrogens with one attached hydrogen (secondary N) is 2. The Morgan fingerprint density at radius 1 is 1.00 bits per heavy atom. The average Bonchev–Trinajstić information content (AvgIpc) is 3.05. The van der Waals surface area contributed by atoms with Gasteiger partial charge in [0, 0.05) is 40.9 Å². The summed E-state index contributed by atoms with van der Waals surface area (Å²) < 4.78 is 0. The maximum Gasteiger partial charge on any atom is 0.251 e. The van der Waals surface area contributed by atoms with E-state index in [9.17, 15) is 14.7 Å². The van der Waals surface area contributed by atoms with Gasteiger partial charge in [-0.2, -0.15) is 0 Å². The molecule has 0 spiro atoms. The van der Waals surface area contributed by atoms with Gasteiger partial charge in [0.05, 0.1) is 6.54 Å². The van der Waals surface area contributed by atoms with E-state index in [-0.39, 0.29) is 40.7 Å². The number of aromatic hydroxyl groups is 1. The molecule has 182 valence electrons. The first kappa shape index (κ1) is 25.5. The summed E-state index contributed by atoms with van der Waals surface area (Å²) in [5.74, 6) is 0.237. The third-order valence-electron chi connectivity index (χ3n) is 6.22. The molecule has 3 rings (SSSR count). The van der Waals surface area contributed by atoms with Crippen LogP contribution in [0, 0.1) is 5.41 Å². The van der Waals surface area contributed by atoms with Crippen molar-refractivity contribution in [2.24, 2.45) is 0 Å². The Labute approximate surface area is 202 Å². The van der Waals surface area contributed by atoms with Crippen LogP contribution in [0.25, 0.3) is 0 Å². The molecule has 0 aliphatic carbocycles. The number of carbonyl (C=O) groups is 2. The van der Waals surface area contributed by atoms with Crippen LogP contribution in [0.1, 0.15) is 97.9 Å². The first-order valence-electron chi connectivity index (χ1n) is 11.9. The van der Waals surface area contributed by atoms with Gasteiger partial charge < -0.3 is 15.3 Å². The Balaban J connectivity index is 1.87. The van der Waals surface area contributed by atoms with Gasteiger partial charge in [0.1, 0.15) is 11.6 Å². The van der Waals surface area contributed by atoms with E-state index in [1.54, 1.807) is 29.2 Å². The van der Waals surface area contributed by atoms with Gasteiger partial charge in [-0.3, -0.25) is 15.0 Å². The predicted octanol–water partition coefficient (Wildman–Crippen LogP) is 5.15. The molecule has 3 N–H and O–H groups in total. The number of phenols is 1. The minimum atomic E-state index is -0.328. The Bertz CT molecular complexity index is 1100. The van der Waals surface area contributed by atoms with Gasteiger partial charge in [0.25, 0.3) is 5.91 Å². The number of fused-ring (bicyclic) bond motifs is 1. The molecule has 0 bridgehead atoms. The Hall–Kier alpha value is -3.15. The Morgan fingerprint density at radius 2 is 1.59 bits per heavy atom. The normalized spacial score (nSPS) is 13.7. The lowest BCUT2D eigenvalue weighted by molar-refractivity contribution is 0.0949. The van der Waals surface area contributed by atoms with Crippen molar-refractivity contribution in [3.8, 4) is 5.75 Å². The third-order valence-corrected chi connectivity index (χ3v) is 6.22. The number of amidine groups is 1. The maximum absolute atomic E-state index is 13.4. The number of rotatable bonds is 6. The fourth-order valence-electron chi connectivity index (χ4n) is 4.21. The first-order valence-corrected chi connectivity index (χ1v) is 11.9. The topological polar surface area (TPSA) is 93.5 Å². The van der Waals surface area contributed by atoms with Gasteiger partial charge in [-0.25, -0.2) is 0 Å². The zero-order valence-corrected chi connectivity index (χ0v) is 21.4. The molecule has 34 heavy (non-hydrogen) atoms. The van der Waals surface area contributed by atoms with Crippen LogP contribution in [0.4, 0.5) is 0 Å². The van der Waals surface area contributed by atoms with Gasteiger partial charge in [-0.15, -0.1) is 0 Å². The minimum absolute atomic E-state index is 0.0584. The molecule has 6 nitrogen and oxygen atoms in total. The van der Waals surface area contributed by atoms with E-state index >= 15 is 0 Å². The van der Waals surface area contributed by atoms with Crippen molar-refractivity contribution in [2.45, 2.75) is 72.3 Å². The molecule has 0 fully saturated rings. The summed E-state index contributed by atoms with van der Waals surface area (Å²) in [6.07, 6.45) is 0.855. The largest absolute Gasteiger partial charge is 0.507 e. The SMILES string of the molecule is CCCNC(=O)c1ccc2c(c1)C(=N)N(CC(=O)c1cc(C(C)(C)C)c(O)c(C(C)(C)C)c1)C2. The molecule has 2 aromatic carbocycles. The van der Waals surface area contributed by atoms with E-state index < -0.39 is 0 Å². The van der Waals surface area contributed by atoms with Crippen LogP contribution in [0.15, 0.2) is 30.3 Å².